The fourth-order valence-electron chi connectivity index (χ4n) is 0.948. The van der Waals surface area contributed by atoms with E-state index in [1.54, 1.807) is 19.2 Å². The van der Waals surface area contributed by atoms with Crippen LogP contribution in [0.3, 0.4) is 0 Å². The fourth-order valence-corrected chi connectivity index (χ4v) is 0.948. The first kappa shape index (κ1) is 9.13. The molecule has 1 aromatic rings. The van der Waals surface area contributed by atoms with Crippen LogP contribution >= 0.6 is 0 Å². The van der Waals surface area contributed by atoms with Crippen LogP contribution in [0.5, 0.6) is 0 Å². The van der Waals surface area contributed by atoms with Crippen LogP contribution in [0, 0.1) is 5.82 Å². The molecule has 12 heavy (non-hydrogen) atoms. The Labute approximate surface area is 71.1 Å². The summed E-state index contributed by atoms with van der Waals surface area (Å²) in [6, 6.07) is 2.94. The molecule has 1 N–H and O–H groups in total. The van der Waals surface area contributed by atoms with E-state index in [9.17, 15) is 4.39 Å². The third-order valence-corrected chi connectivity index (χ3v) is 1.63. The van der Waals surface area contributed by atoms with Gasteiger partial charge in [-0.1, -0.05) is 0 Å². The molecule has 0 saturated carbocycles. The van der Waals surface area contributed by atoms with E-state index in [1.807, 2.05) is 0 Å². The van der Waals surface area contributed by atoms with Crippen molar-refractivity contribution in [2.75, 3.05) is 0 Å². The number of nitrogens with zero attached hydrogens (tertiary/aromatic N) is 1. The predicted octanol–water partition coefficient (Wildman–Crippen LogP) is 1.53. The minimum absolute atomic E-state index is 0.293. The van der Waals surface area contributed by atoms with Crippen LogP contribution in [-0.4, -0.2) is 16.2 Å². The maximum atomic E-state index is 12.9. The zero-order valence-electron chi connectivity index (χ0n) is 7.00. The van der Waals surface area contributed by atoms with Crippen molar-refractivity contribution >= 4 is 0 Å². The Hall–Kier alpha value is -0.960. The third-order valence-electron chi connectivity index (χ3n) is 1.63. The number of halogens is 1. The van der Waals surface area contributed by atoms with Gasteiger partial charge in [0.1, 0.15) is 5.82 Å². The molecule has 0 saturated heterocycles. The number of hydrogen-bond acceptors (Lipinski definition) is 2. The molecule has 0 aliphatic rings. The summed E-state index contributed by atoms with van der Waals surface area (Å²) >= 11 is 0. The molecule has 1 rings (SSSR count). The Morgan fingerprint density at radius 1 is 1.67 bits per heavy atom. The van der Waals surface area contributed by atoms with Crippen molar-refractivity contribution in [3.8, 4) is 0 Å². The number of aromatic nitrogens is 1. The van der Waals surface area contributed by atoms with E-state index >= 15 is 0 Å². The second kappa shape index (κ2) is 4.16. The van der Waals surface area contributed by atoms with Gasteiger partial charge in [0.05, 0.1) is 11.8 Å². The van der Waals surface area contributed by atoms with Crippen molar-refractivity contribution in [1.29, 1.82) is 0 Å². The number of aliphatic hydroxyl groups excluding tert-OH is 1. The standard InChI is InChI=1S/C9H12FNO/c1-7(12)4-5-9-8(10)3-2-6-11-9/h2-3,6-7,12H,4-5H2,1H3. The number of rotatable bonds is 3. The van der Waals surface area contributed by atoms with Gasteiger partial charge in [-0.05, 0) is 31.9 Å². The highest BCUT2D eigenvalue weighted by atomic mass is 19.1. The molecular formula is C9H12FNO. The van der Waals surface area contributed by atoms with Gasteiger partial charge >= 0.3 is 0 Å². The van der Waals surface area contributed by atoms with E-state index < -0.39 is 6.10 Å². The highest BCUT2D eigenvalue weighted by molar-refractivity contribution is 5.06. The van der Waals surface area contributed by atoms with E-state index in [-0.39, 0.29) is 5.82 Å². The summed E-state index contributed by atoms with van der Waals surface area (Å²) in [6.07, 6.45) is 2.20. The molecule has 2 nitrogen and oxygen atoms in total. The van der Waals surface area contributed by atoms with Crippen molar-refractivity contribution in [3.05, 3.63) is 29.8 Å². The van der Waals surface area contributed by atoms with E-state index in [0.29, 0.717) is 18.5 Å². The van der Waals surface area contributed by atoms with Gasteiger partial charge in [-0.25, -0.2) is 4.39 Å². The molecule has 1 heterocycles. The Balaban J connectivity index is 2.57. The molecule has 0 aromatic carbocycles. The van der Waals surface area contributed by atoms with Gasteiger partial charge < -0.3 is 5.11 Å². The minimum atomic E-state index is -0.397. The van der Waals surface area contributed by atoms with Gasteiger partial charge in [-0.2, -0.15) is 0 Å². The van der Waals surface area contributed by atoms with Gasteiger partial charge in [0.15, 0.2) is 0 Å². The molecule has 0 radical (unpaired) electrons. The molecule has 66 valence electrons. The zero-order valence-corrected chi connectivity index (χ0v) is 7.00. The lowest BCUT2D eigenvalue weighted by Gasteiger charge is -2.03. The van der Waals surface area contributed by atoms with Crippen LogP contribution in [0.1, 0.15) is 19.0 Å². The maximum Gasteiger partial charge on any atom is 0.144 e. The molecule has 0 bridgehead atoms. The Morgan fingerprint density at radius 3 is 3.00 bits per heavy atom. The Kier molecular flexibility index (Phi) is 3.17. The lowest BCUT2D eigenvalue weighted by Crippen LogP contribution is -2.03. The highest BCUT2D eigenvalue weighted by Crippen LogP contribution is 2.06. The molecule has 0 spiro atoms. The molecule has 0 aliphatic carbocycles. The summed E-state index contributed by atoms with van der Waals surface area (Å²) in [5.74, 6) is -0.293. The lowest BCUT2D eigenvalue weighted by molar-refractivity contribution is 0.184. The van der Waals surface area contributed by atoms with E-state index in [0.717, 1.165) is 0 Å². The number of aliphatic hydroxyl groups is 1. The van der Waals surface area contributed by atoms with Crippen LogP contribution < -0.4 is 0 Å². The number of pyridine rings is 1. The largest absolute Gasteiger partial charge is 0.393 e. The third kappa shape index (κ3) is 2.58. The summed E-state index contributed by atoms with van der Waals surface area (Å²) in [5, 5.41) is 8.95. The van der Waals surface area contributed by atoms with Crippen molar-refractivity contribution in [3.63, 3.8) is 0 Å². The highest BCUT2D eigenvalue weighted by Gasteiger charge is 2.03. The molecule has 0 fully saturated rings. The monoisotopic (exact) mass is 169 g/mol. The number of aryl methyl sites for hydroxylation is 1. The van der Waals surface area contributed by atoms with Crippen LogP contribution in [0.25, 0.3) is 0 Å². The molecule has 1 atom stereocenters. The average molecular weight is 169 g/mol. The first-order valence-electron chi connectivity index (χ1n) is 3.97. The SMILES string of the molecule is CC(O)CCc1ncccc1F. The smallest absolute Gasteiger partial charge is 0.144 e. The summed E-state index contributed by atoms with van der Waals surface area (Å²) in [4.78, 5) is 3.86. The van der Waals surface area contributed by atoms with E-state index in [1.165, 1.54) is 6.07 Å². The maximum absolute atomic E-state index is 12.9. The normalized spacial score (nSPS) is 12.9. The van der Waals surface area contributed by atoms with Crippen LogP contribution in [0.2, 0.25) is 0 Å². The summed E-state index contributed by atoms with van der Waals surface area (Å²) in [5.41, 5.74) is 0.429. The molecule has 1 unspecified atom stereocenters. The number of hydrogen-bond donors (Lipinski definition) is 1. The first-order valence-corrected chi connectivity index (χ1v) is 3.97. The summed E-state index contributed by atoms with van der Waals surface area (Å²) in [6.45, 7) is 1.68. The Morgan fingerprint density at radius 2 is 2.42 bits per heavy atom. The quantitative estimate of drug-likeness (QED) is 0.744. The molecule has 3 heteroatoms. The van der Waals surface area contributed by atoms with Crippen LogP contribution in [-0.2, 0) is 6.42 Å². The average Bonchev–Trinajstić information content (AvgIpc) is 2.03. The zero-order chi connectivity index (χ0) is 8.97. The van der Waals surface area contributed by atoms with Gasteiger partial charge in [0.25, 0.3) is 0 Å². The van der Waals surface area contributed by atoms with E-state index in [4.69, 9.17) is 5.11 Å². The molecule has 0 aliphatic heterocycles. The molecule has 1 aromatic heterocycles. The lowest BCUT2D eigenvalue weighted by atomic mass is 10.1. The fraction of sp³-hybridized carbons (Fsp3) is 0.444. The van der Waals surface area contributed by atoms with Gasteiger partial charge in [-0.15, -0.1) is 0 Å². The van der Waals surface area contributed by atoms with E-state index in [2.05, 4.69) is 4.98 Å². The van der Waals surface area contributed by atoms with Gasteiger partial charge in [0, 0.05) is 6.20 Å². The van der Waals surface area contributed by atoms with Gasteiger partial charge in [0.2, 0.25) is 0 Å². The van der Waals surface area contributed by atoms with Crippen LogP contribution in [0.4, 0.5) is 4.39 Å². The van der Waals surface area contributed by atoms with Crippen molar-refractivity contribution in [2.45, 2.75) is 25.9 Å². The predicted molar refractivity (Wildman–Crippen MR) is 44.2 cm³/mol. The second-order valence-electron chi connectivity index (χ2n) is 2.82. The van der Waals surface area contributed by atoms with Gasteiger partial charge in [-0.3, -0.25) is 4.98 Å². The minimum Gasteiger partial charge on any atom is -0.393 e. The second-order valence-corrected chi connectivity index (χ2v) is 2.82. The van der Waals surface area contributed by atoms with Crippen molar-refractivity contribution < 1.29 is 9.50 Å². The van der Waals surface area contributed by atoms with Crippen LogP contribution in [0.15, 0.2) is 18.3 Å². The van der Waals surface area contributed by atoms with Crippen molar-refractivity contribution in [2.24, 2.45) is 0 Å². The summed E-state index contributed by atoms with van der Waals surface area (Å²) < 4.78 is 12.9. The molecular weight excluding hydrogens is 157 g/mol. The first-order chi connectivity index (χ1) is 5.70. The topological polar surface area (TPSA) is 33.1 Å². The summed E-state index contributed by atoms with van der Waals surface area (Å²) in [7, 11) is 0. The van der Waals surface area contributed by atoms with Crippen molar-refractivity contribution in [1.82, 2.24) is 4.98 Å². The Bertz CT molecular complexity index is 250. The molecule has 0 amide bonds.